The van der Waals surface area contributed by atoms with Crippen LogP contribution in [0.5, 0.6) is 0 Å². The van der Waals surface area contributed by atoms with Crippen molar-refractivity contribution in [2.45, 2.75) is 0 Å². The molecule has 0 atom stereocenters. The highest BCUT2D eigenvalue weighted by atomic mass is 35.5. The van der Waals surface area contributed by atoms with E-state index in [0.29, 0.717) is 20.6 Å². The second-order valence-corrected chi connectivity index (χ2v) is 8.02. The summed E-state index contributed by atoms with van der Waals surface area (Å²) in [7, 11) is 0. The monoisotopic (exact) mass is 432 g/mol. The van der Waals surface area contributed by atoms with Gasteiger partial charge < -0.3 is 0 Å². The molecule has 0 aliphatic rings. The fourth-order valence-corrected chi connectivity index (χ4v) is 4.17. The maximum atomic E-state index is 9.61. The molecule has 3 aromatic carbocycles. The van der Waals surface area contributed by atoms with E-state index in [1.54, 1.807) is 24.3 Å². The fourth-order valence-electron chi connectivity index (χ4n) is 2.91. The number of hydrogen-bond acceptors (Lipinski definition) is 3. The molecule has 0 saturated carbocycles. The Morgan fingerprint density at radius 2 is 1.59 bits per heavy atom. The molecule has 0 saturated heterocycles. The number of thiazole rings is 1. The molecule has 2 nitrogen and oxygen atoms in total. The minimum absolute atomic E-state index is 0.464. The van der Waals surface area contributed by atoms with Gasteiger partial charge >= 0.3 is 0 Å². The standard InChI is InChI=1S/C24H14Cl2N2S/c25-21-11-10-19(22(26)13-21)12-20(14-27)24-28-23(15-29-24)18-8-6-17(7-9-18)16-4-2-1-3-5-16/h1-13,15H. The van der Waals surface area contributed by atoms with E-state index in [4.69, 9.17) is 23.2 Å². The summed E-state index contributed by atoms with van der Waals surface area (Å²) in [4.78, 5) is 4.66. The van der Waals surface area contributed by atoms with Crippen LogP contribution in [0.15, 0.2) is 78.2 Å². The highest BCUT2D eigenvalue weighted by Gasteiger charge is 2.10. The summed E-state index contributed by atoms with van der Waals surface area (Å²) in [5.74, 6) is 0. The lowest BCUT2D eigenvalue weighted by Crippen LogP contribution is -1.84. The Balaban J connectivity index is 1.62. The van der Waals surface area contributed by atoms with Crippen LogP contribution in [-0.4, -0.2) is 4.98 Å². The lowest BCUT2D eigenvalue weighted by atomic mass is 10.0. The van der Waals surface area contributed by atoms with Crippen LogP contribution in [-0.2, 0) is 0 Å². The number of hydrogen-bond donors (Lipinski definition) is 0. The average molecular weight is 433 g/mol. The van der Waals surface area contributed by atoms with Crippen molar-refractivity contribution in [1.82, 2.24) is 4.98 Å². The molecule has 0 fully saturated rings. The third kappa shape index (κ3) is 4.41. The van der Waals surface area contributed by atoms with Crippen molar-refractivity contribution in [3.8, 4) is 28.5 Å². The molecule has 5 heteroatoms. The molecule has 0 unspecified atom stereocenters. The summed E-state index contributed by atoms with van der Waals surface area (Å²) < 4.78 is 0. The molecule has 1 heterocycles. The Bertz CT molecular complexity index is 1220. The van der Waals surface area contributed by atoms with Crippen LogP contribution >= 0.6 is 34.5 Å². The first-order valence-electron chi connectivity index (χ1n) is 8.82. The van der Waals surface area contributed by atoms with Crippen LogP contribution in [0.2, 0.25) is 10.0 Å². The van der Waals surface area contributed by atoms with Crippen molar-refractivity contribution >= 4 is 46.2 Å². The number of rotatable bonds is 4. The molecular weight excluding hydrogens is 419 g/mol. The van der Waals surface area contributed by atoms with E-state index in [1.807, 2.05) is 35.7 Å². The first kappa shape index (κ1) is 19.4. The van der Waals surface area contributed by atoms with Gasteiger partial charge in [-0.2, -0.15) is 5.26 Å². The predicted octanol–water partition coefficient (Wildman–Crippen LogP) is 7.85. The zero-order valence-electron chi connectivity index (χ0n) is 15.1. The average Bonchev–Trinajstić information content (AvgIpc) is 3.24. The Morgan fingerprint density at radius 3 is 2.28 bits per heavy atom. The van der Waals surface area contributed by atoms with Crippen molar-refractivity contribution in [2.75, 3.05) is 0 Å². The predicted molar refractivity (Wildman–Crippen MR) is 123 cm³/mol. The number of benzene rings is 3. The van der Waals surface area contributed by atoms with Gasteiger partial charge in [0.1, 0.15) is 11.1 Å². The van der Waals surface area contributed by atoms with E-state index < -0.39 is 0 Å². The van der Waals surface area contributed by atoms with Crippen LogP contribution in [0.4, 0.5) is 0 Å². The Labute approximate surface area is 183 Å². The molecule has 0 aliphatic carbocycles. The lowest BCUT2D eigenvalue weighted by Gasteiger charge is -2.03. The van der Waals surface area contributed by atoms with Gasteiger partial charge in [0.25, 0.3) is 0 Å². The van der Waals surface area contributed by atoms with Crippen LogP contribution in [0, 0.1) is 11.3 Å². The van der Waals surface area contributed by atoms with Gasteiger partial charge in [-0.1, -0.05) is 83.9 Å². The topological polar surface area (TPSA) is 36.7 Å². The Hall–Kier alpha value is -2.90. The third-order valence-electron chi connectivity index (χ3n) is 4.41. The molecule has 4 rings (SSSR count). The molecule has 0 radical (unpaired) electrons. The van der Waals surface area contributed by atoms with E-state index in [2.05, 4.69) is 35.3 Å². The van der Waals surface area contributed by atoms with Crippen LogP contribution in [0.3, 0.4) is 0 Å². The molecule has 1 aromatic heterocycles. The Kier molecular flexibility index (Phi) is 5.78. The summed E-state index contributed by atoms with van der Waals surface area (Å²) in [6.45, 7) is 0. The van der Waals surface area contributed by atoms with Gasteiger partial charge in [-0.3, -0.25) is 0 Å². The minimum Gasteiger partial charge on any atom is -0.235 e. The molecule has 29 heavy (non-hydrogen) atoms. The van der Waals surface area contributed by atoms with Crippen molar-refractivity contribution < 1.29 is 0 Å². The highest BCUT2D eigenvalue weighted by molar-refractivity contribution is 7.11. The SMILES string of the molecule is N#CC(=Cc1ccc(Cl)cc1Cl)c1nc(-c2ccc(-c3ccccc3)cc2)cs1. The zero-order chi connectivity index (χ0) is 20.2. The second-order valence-electron chi connectivity index (χ2n) is 6.32. The Morgan fingerprint density at radius 1 is 0.897 bits per heavy atom. The number of nitriles is 1. The molecule has 4 aromatic rings. The highest BCUT2D eigenvalue weighted by Crippen LogP contribution is 2.30. The van der Waals surface area contributed by atoms with Crippen molar-refractivity contribution in [2.24, 2.45) is 0 Å². The summed E-state index contributed by atoms with van der Waals surface area (Å²) in [6, 6.07) is 25.9. The van der Waals surface area contributed by atoms with Crippen molar-refractivity contribution in [3.63, 3.8) is 0 Å². The van der Waals surface area contributed by atoms with Crippen LogP contribution in [0.25, 0.3) is 34.0 Å². The third-order valence-corrected chi connectivity index (χ3v) is 5.84. The van der Waals surface area contributed by atoms with Gasteiger partial charge in [0.15, 0.2) is 0 Å². The van der Waals surface area contributed by atoms with E-state index >= 15 is 0 Å². The van der Waals surface area contributed by atoms with E-state index in [0.717, 1.165) is 22.4 Å². The van der Waals surface area contributed by atoms with Gasteiger partial charge in [0, 0.05) is 21.0 Å². The van der Waals surface area contributed by atoms with E-state index in [-0.39, 0.29) is 0 Å². The summed E-state index contributed by atoms with van der Waals surface area (Å²) >= 11 is 13.6. The smallest absolute Gasteiger partial charge is 0.134 e. The molecular formula is C24H14Cl2N2S. The maximum Gasteiger partial charge on any atom is 0.134 e. The summed E-state index contributed by atoms with van der Waals surface area (Å²) in [5, 5.41) is 13.3. The molecule has 0 aliphatic heterocycles. The summed E-state index contributed by atoms with van der Waals surface area (Å²) in [6.07, 6.45) is 1.74. The first-order chi connectivity index (χ1) is 14.1. The molecule has 0 N–H and O–H groups in total. The minimum atomic E-state index is 0.464. The molecule has 0 spiro atoms. The van der Waals surface area contributed by atoms with Gasteiger partial charge in [-0.05, 0) is 34.9 Å². The molecule has 140 valence electrons. The molecule has 0 amide bonds. The zero-order valence-corrected chi connectivity index (χ0v) is 17.5. The quantitative estimate of drug-likeness (QED) is 0.307. The second kappa shape index (κ2) is 8.63. The van der Waals surface area contributed by atoms with Crippen LogP contribution in [0.1, 0.15) is 10.6 Å². The molecule has 0 bridgehead atoms. The van der Waals surface area contributed by atoms with Gasteiger partial charge in [-0.15, -0.1) is 11.3 Å². The largest absolute Gasteiger partial charge is 0.235 e. The van der Waals surface area contributed by atoms with Crippen molar-refractivity contribution in [3.05, 3.63) is 98.8 Å². The number of nitrogens with zero attached hydrogens (tertiary/aromatic N) is 2. The maximum absolute atomic E-state index is 9.61. The van der Waals surface area contributed by atoms with Crippen molar-refractivity contribution in [1.29, 1.82) is 5.26 Å². The number of aromatic nitrogens is 1. The van der Waals surface area contributed by atoms with E-state index in [9.17, 15) is 5.26 Å². The van der Waals surface area contributed by atoms with Gasteiger partial charge in [0.2, 0.25) is 0 Å². The van der Waals surface area contributed by atoms with E-state index in [1.165, 1.54) is 16.9 Å². The van der Waals surface area contributed by atoms with Crippen LogP contribution < -0.4 is 0 Å². The van der Waals surface area contributed by atoms with Gasteiger partial charge in [0.05, 0.1) is 11.3 Å². The normalized spacial score (nSPS) is 11.3. The summed E-state index contributed by atoms with van der Waals surface area (Å²) in [5.41, 5.74) is 5.37. The van der Waals surface area contributed by atoms with Gasteiger partial charge in [-0.25, -0.2) is 4.98 Å². The fraction of sp³-hybridized carbons (Fsp3) is 0. The lowest BCUT2D eigenvalue weighted by molar-refractivity contribution is 1.37. The number of halogens is 2. The first-order valence-corrected chi connectivity index (χ1v) is 10.5. The number of allylic oxidation sites excluding steroid dienone is 1.